The van der Waals surface area contributed by atoms with Crippen LogP contribution in [0.5, 0.6) is 5.75 Å². The van der Waals surface area contributed by atoms with E-state index in [4.69, 9.17) is 4.74 Å². The van der Waals surface area contributed by atoms with Gasteiger partial charge in [0.05, 0.1) is 12.0 Å². The summed E-state index contributed by atoms with van der Waals surface area (Å²) in [6, 6.07) is 13.9. The first kappa shape index (κ1) is 20.4. The summed E-state index contributed by atoms with van der Waals surface area (Å²) in [5.41, 5.74) is 0.969. The molecule has 26 heavy (non-hydrogen) atoms. The van der Waals surface area contributed by atoms with Crippen LogP contribution in [0.4, 0.5) is 0 Å². The van der Waals surface area contributed by atoms with Crippen LogP contribution >= 0.6 is 15.9 Å². The van der Waals surface area contributed by atoms with Gasteiger partial charge in [0.1, 0.15) is 5.75 Å². The molecule has 140 valence electrons. The molecule has 2 rings (SSSR count). The lowest BCUT2D eigenvalue weighted by molar-refractivity contribution is -0.130. The molecule has 0 unspecified atom stereocenters. The maximum Gasteiger partial charge on any atom is 0.240 e. The molecule has 0 fully saturated rings. The Hall–Kier alpha value is -1.90. The van der Waals surface area contributed by atoms with Crippen molar-refractivity contribution in [3.05, 3.63) is 58.6 Å². The van der Waals surface area contributed by atoms with Gasteiger partial charge in [0.2, 0.25) is 15.9 Å². The largest absolute Gasteiger partial charge is 0.497 e. The molecule has 8 heteroatoms. The van der Waals surface area contributed by atoms with Crippen LogP contribution in [-0.4, -0.2) is 39.9 Å². The fourth-order valence-corrected chi connectivity index (χ4v) is 3.92. The van der Waals surface area contributed by atoms with Crippen molar-refractivity contribution >= 4 is 31.9 Å². The number of benzene rings is 2. The van der Waals surface area contributed by atoms with Gasteiger partial charge in [-0.3, -0.25) is 4.79 Å². The number of methoxy groups -OCH3 is 1. The van der Waals surface area contributed by atoms with E-state index in [1.54, 1.807) is 31.2 Å². The topological polar surface area (TPSA) is 75.7 Å². The van der Waals surface area contributed by atoms with E-state index >= 15 is 0 Å². The fraction of sp³-hybridized carbons (Fsp3) is 0.278. The highest BCUT2D eigenvalue weighted by atomic mass is 79.9. The molecule has 0 atom stereocenters. The van der Waals surface area contributed by atoms with Gasteiger partial charge in [-0.2, -0.15) is 0 Å². The molecular weight excluding hydrogens is 420 g/mol. The van der Waals surface area contributed by atoms with E-state index in [1.165, 1.54) is 12.1 Å². The molecule has 0 bridgehead atoms. The zero-order chi connectivity index (χ0) is 19.2. The van der Waals surface area contributed by atoms with Crippen LogP contribution in [0.2, 0.25) is 0 Å². The van der Waals surface area contributed by atoms with Gasteiger partial charge in [-0.25, -0.2) is 13.1 Å². The first-order valence-corrected chi connectivity index (χ1v) is 10.2. The fourth-order valence-electron chi connectivity index (χ4n) is 2.29. The number of amides is 1. The lowest BCUT2D eigenvalue weighted by Crippen LogP contribution is -2.31. The molecule has 0 saturated heterocycles. The predicted octanol–water partition coefficient (Wildman–Crippen LogP) is 2.78. The molecule has 1 N–H and O–H groups in total. The van der Waals surface area contributed by atoms with Crippen LogP contribution in [0.15, 0.2) is 57.9 Å². The molecule has 0 heterocycles. The Morgan fingerprint density at radius 1 is 1.19 bits per heavy atom. The highest BCUT2D eigenvalue weighted by molar-refractivity contribution is 9.10. The number of hydrogen-bond acceptors (Lipinski definition) is 4. The van der Waals surface area contributed by atoms with Gasteiger partial charge in [0.15, 0.2) is 0 Å². The molecule has 0 aliphatic carbocycles. The summed E-state index contributed by atoms with van der Waals surface area (Å²) >= 11 is 3.24. The lowest BCUT2D eigenvalue weighted by Gasteiger charge is -2.17. The molecular formula is C18H21BrN2O4S. The molecule has 0 saturated carbocycles. The number of halogens is 1. The second-order valence-electron chi connectivity index (χ2n) is 5.70. The van der Waals surface area contributed by atoms with Crippen LogP contribution in [0.1, 0.15) is 12.0 Å². The molecule has 0 aliphatic rings. The molecule has 0 aromatic heterocycles. The SMILES string of the molecule is COc1ccc(CN(C)C(=O)CCNS(=O)(=O)c2cccc(Br)c2)cc1. The van der Waals surface area contributed by atoms with Gasteiger partial charge < -0.3 is 9.64 Å². The average Bonchev–Trinajstić information content (AvgIpc) is 2.62. The minimum absolute atomic E-state index is 0.0423. The van der Waals surface area contributed by atoms with E-state index in [-0.39, 0.29) is 23.8 Å². The Bertz CT molecular complexity index is 854. The maximum absolute atomic E-state index is 12.2. The van der Waals surface area contributed by atoms with Crippen LogP contribution in [0.3, 0.4) is 0 Å². The van der Waals surface area contributed by atoms with Crippen molar-refractivity contribution in [1.29, 1.82) is 0 Å². The highest BCUT2D eigenvalue weighted by Crippen LogP contribution is 2.16. The smallest absolute Gasteiger partial charge is 0.240 e. The van der Waals surface area contributed by atoms with E-state index in [0.29, 0.717) is 11.0 Å². The van der Waals surface area contributed by atoms with E-state index in [9.17, 15) is 13.2 Å². The summed E-state index contributed by atoms with van der Waals surface area (Å²) in [5, 5.41) is 0. The zero-order valence-corrected chi connectivity index (χ0v) is 17.0. The Balaban J connectivity index is 1.85. The highest BCUT2D eigenvalue weighted by Gasteiger charge is 2.15. The van der Waals surface area contributed by atoms with E-state index in [1.807, 2.05) is 24.3 Å². The van der Waals surface area contributed by atoms with E-state index in [0.717, 1.165) is 11.3 Å². The van der Waals surface area contributed by atoms with Gasteiger partial charge in [0.25, 0.3) is 0 Å². The summed E-state index contributed by atoms with van der Waals surface area (Å²) < 4.78 is 32.7. The van der Waals surface area contributed by atoms with Crippen molar-refractivity contribution in [2.24, 2.45) is 0 Å². The quantitative estimate of drug-likeness (QED) is 0.684. The van der Waals surface area contributed by atoms with Crippen molar-refractivity contribution < 1.29 is 17.9 Å². The molecule has 2 aromatic carbocycles. The van der Waals surface area contributed by atoms with Gasteiger partial charge >= 0.3 is 0 Å². The monoisotopic (exact) mass is 440 g/mol. The maximum atomic E-state index is 12.2. The molecule has 0 spiro atoms. The van der Waals surface area contributed by atoms with Crippen molar-refractivity contribution in [2.45, 2.75) is 17.9 Å². The van der Waals surface area contributed by atoms with Gasteiger partial charge in [0, 0.05) is 31.0 Å². The van der Waals surface area contributed by atoms with Crippen molar-refractivity contribution in [3.63, 3.8) is 0 Å². The first-order valence-electron chi connectivity index (χ1n) is 7.94. The first-order chi connectivity index (χ1) is 12.3. The van der Waals surface area contributed by atoms with Crippen molar-refractivity contribution in [3.8, 4) is 5.75 Å². The number of ether oxygens (including phenoxy) is 1. The minimum Gasteiger partial charge on any atom is -0.497 e. The van der Waals surface area contributed by atoms with E-state index < -0.39 is 10.0 Å². The predicted molar refractivity (Wildman–Crippen MR) is 103 cm³/mol. The summed E-state index contributed by atoms with van der Waals surface area (Å²) in [6.07, 6.45) is 0.0832. The number of carbonyl (C=O) groups excluding carboxylic acids is 1. The second kappa shape index (κ2) is 9.16. The molecule has 0 radical (unpaired) electrons. The number of carbonyl (C=O) groups is 1. The number of nitrogens with zero attached hydrogens (tertiary/aromatic N) is 1. The standard InChI is InChI=1S/C18H21BrN2O4S/c1-21(13-14-6-8-16(25-2)9-7-14)18(22)10-11-20-26(23,24)17-5-3-4-15(19)12-17/h3-9,12,20H,10-11,13H2,1-2H3. The third-order valence-electron chi connectivity index (χ3n) is 3.74. The van der Waals surface area contributed by atoms with Gasteiger partial charge in [-0.15, -0.1) is 0 Å². The molecule has 0 aliphatic heterocycles. The minimum atomic E-state index is -3.64. The van der Waals surface area contributed by atoms with E-state index in [2.05, 4.69) is 20.7 Å². The van der Waals surface area contributed by atoms with Gasteiger partial charge in [-0.1, -0.05) is 34.1 Å². The van der Waals surface area contributed by atoms with Crippen molar-refractivity contribution in [2.75, 3.05) is 20.7 Å². The average molecular weight is 441 g/mol. The third-order valence-corrected chi connectivity index (χ3v) is 5.69. The summed E-state index contributed by atoms with van der Waals surface area (Å²) in [6.45, 7) is 0.488. The van der Waals surface area contributed by atoms with Gasteiger partial charge in [-0.05, 0) is 35.9 Å². The van der Waals surface area contributed by atoms with Crippen LogP contribution in [0, 0.1) is 0 Å². The Morgan fingerprint density at radius 2 is 1.88 bits per heavy atom. The van der Waals surface area contributed by atoms with Crippen LogP contribution in [0.25, 0.3) is 0 Å². The second-order valence-corrected chi connectivity index (χ2v) is 8.39. The number of hydrogen-bond donors (Lipinski definition) is 1. The normalized spacial score (nSPS) is 11.2. The summed E-state index contributed by atoms with van der Waals surface area (Å²) in [4.78, 5) is 13.9. The lowest BCUT2D eigenvalue weighted by atomic mass is 10.2. The zero-order valence-electron chi connectivity index (χ0n) is 14.6. The number of nitrogens with one attached hydrogen (secondary N) is 1. The Labute approximate surface area is 162 Å². The summed E-state index contributed by atoms with van der Waals surface area (Å²) in [5.74, 6) is 0.613. The van der Waals surface area contributed by atoms with Crippen molar-refractivity contribution in [1.82, 2.24) is 9.62 Å². The number of sulfonamides is 1. The number of rotatable bonds is 8. The van der Waals surface area contributed by atoms with Crippen LogP contribution < -0.4 is 9.46 Å². The Morgan fingerprint density at radius 3 is 2.50 bits per heavy atom. The molecule has 2 aromatic rings. The Kier molecular flexibility index (Phi) is 7.19. The summed E-state index contributed by atoms with van der Waals surface area (Å²) in [7, 11) is -0.348. The van der Waals surface area contributed by atoms with Crippen LogP contribution in [-0.2, 0) is 21.4 Å². The molecule has 6 nitrogen and oxygen atoms in total. The molecule has 1 amide bonds. The third kappa shape index (κ3) is 5.82.